The first-order chi connectivity index (χ1) is 15.8. The molecule has 1 aromatic carbocycles. The van der Waals surface area contributed by atoms with E-state index in [1.165, 1.54) is 4.90 Å². The largest absolute Gasteiger partial charge is 0.497 e. The lowest BCUT2D eigenvalue weighted by Gasteiger charge is -2.43. The number of piperidine rings is 1. The fourth-order valence-electron chi connectivity index (χ4n) is 4.50. The zero-order valence-corrected chi connectivity index (χ0v) is 19.5. The SMILES string of the molecule is CCCCOC(=O)C1(C)CN(C(=O)O)CCC1CCC(=O)c1ccnc2ccc(OC)cc12. The lowest BCUT2D eigenvalue weighted by atomic mass is 9.70. The van der Waals surface area contributed by atoms with Crippen molar-refractivity contribution in [1.82, 2.24) is 9.88 Å². The second-order valence-electron chi connectivity index (χ2n) is 8.80. The average molecular weight is 457 g/mol. The number of hydrogen-bond acceptors (Lipinski definition) is 6. The molecule has 8 nitrogen and oxygen atoms in total. The van der Waals surface area contributed by atoms with Gasteiger partial charge in [0.2, 0.25) is 0 Å². The Morgan fingerprint density at radius 1 is 1.27 bits per heavy atom. The molecule has 1 aliphatic heterocycles. The molecule has 1 N–H and O–H groups in total. The van der Waals surface area contributed by atoms with E-state index < -0.39 is 17.5 Å². The van der Waals surface area contributed by atoms with Gasteiger partial charge in [0, 0.05) is 36.7 Å². The predicted molar refractivity (Wildman–Crippen MR) is 124 cm³/mol. The van der Waals surface area contributed by atoms with E-state index in [1.807, 2.05) is 13.0 Å². The van der Waals surface area contributed by atoms with Gasteiger partial charge < -0.3 is 19.5 Å². The molecule has 33 heavy (non-hydrogen) atoms. The van der Waals surface area contributed by atoms with Crippen LogP contribution in [0.5, 0.6) is 5.75 Å². The number of pyridine rings is 1. The first-order valence-corrected chi connectivity index (χ1v) is 11.4. The minimum Gasteiger partial charge on any atom is -0.497 e. The Kier molecular flexibility index (Phi) is 7.89. The number of esters is 1. The highest BCUT2D eigenvalue weighted by Gasteiger charge is 2.47. The summed E-state index contributed by atoms with van der Waals surface area (Å²) < 4.78 is 10.8. The molecule has 1 amide bonds. The van der Waals surface area contributed by atoms with Crippen molar-refractivity contribution >= 4 is 28.7 Å². The van der Waals surface area contributed by atoms with Crippen molar-refractivity contribution < 1.29 is 29.0 Å². The maximum absolute atomic E-state index is 13.2. The van der Waals surface area contributed by atoms with E-state index in [9.17, 15) is 19.5 Å². The van der Waals surface area contributed by atoms with E-state index in [0.29, 0.717) is 42.8 Å². The molecule has 2 heterocycles. The smallest absolute Gasteiger partial charge is 0.407 e. The topological polar surface area (TPSA) is 106 Å². The molecule has 1 fully saturated rings. The lowest BCUT2D eigenvalue weighted by Crippen LogP contribution is -2.53. The number of fused-ring (bicyclic) bond motifs is 1. The number of ether oxygens (including phenoxy) is 2. The Balaban J connectivity index is 1.78. The molecule has 0 radical (unpaired) electrons. The summed E-state index contributed by atoms with van der Waals surface area (Å²) in [6.45, 7) is 4.49. The average Bonchev–Trinajstić information content (AvgIpc) is 2.82. The first-order valence-electron chi connectivity index (χ1n) is 11.4. The van der Waals surface area contributed by atoms with Crippen molar-refractivity contribution in [2.75, 3.05) is 26.8 Å². The van der Waals surface area contributed by atoms with Gasteiger partial charge in [-0.2, -0.15) is 0 Å². The highest BCUT2D eigenvalue weighted by atomic mass is 16.5. The number of benzene rings is 1. The molecule has 178 valence electrons. The van der Waals surface area contributed by atoms with Crippen LogP contribution in [-0.4, -0.2) is 59.6 Å². The summed E-state index contributed by atoms with van der Waals surface area (Å²) in [6, 6.07) is 7.12. The van der Waals surface area contributed by atoms with Gasteiger partial charge in [-0.1, -0.05) is 13.3 Å². The standard InChI is InChI=1S/C25H32N2O6/c1-4-5-14-33-23(29)25(2)16-27(24(30)31)13-11-17(25)6-9-22(28)19-10-12-26-21-8-7-18(32-3)15-20(19)21/h7-8,10,12,15,17H,4-6,9,11,13-14,16H2,1-3H3,(H,30,31). The van der Waals surface area contributed by atoms with Gasteiger partial charge in [0.15, 0.2) is 5.78 Å². The highest BCUT2D eigenvalue weighted by molar-refractivity contribution is 6.07. The second-order valence-corrected chi connectivity index (χ2v) is 8.80. The van der Waals surface area contributed by atoms with Crippen LogP contribution in [0.25, 0.3) is 10.9 Å². The maximum atomic E-state index is 13.2. The van der Waals surface area contributed by atoms with Gasteiger partial charge in [0.25, 0.3) is 0 Å². The van der Waals surface area contributed by atoms with Gasteiger partial charge in [-0.05, 0) is 56.4 Å². The Labute approximate surface area is 193 Å². The number of nitrogens with zero attached hydrogens (tertiary/aromatic N) is 2. The number of Topliss-reactive ketones (excluding diaryl/α,β-unsaturated/α-hetero) is 1. The second kappa shape index (κ2) is 10.6. The van der Waals surface area contributed by atoms with Gasteiger partial charge >= 0.3 is 12.1 Å². The Morgan fingerprint density at radius 3 is 2.76 bits per heavy atom. The van der Waals surface area contributed by atoms with Crippen molar-refractivity contribution in [1.29, 1.82) is 0 Å². The maximum Gasteiger partial charge on any atom is 0.407 e. The summed E-state index contributed by atoms with van der Waals surface area (Å²) in [5.41, 5.74) is 0.281. The number of likely N-dealkylation sites (tertiary alicyclic amines) is 1. The van der Waals surface area contributed by atoms with Crippen molar-refractivity contribution in [3.63, 3.8) is 0 Å². The van der Waals surface area contributed by atoms with Crippen LogP contribution in [0.4, 0.5) is 4.79 Å². The number of hydrogen-bond donors (Lipinski definition) is 1. The lowest BCUT2D eigenvalue weighted by molar-refractivity contribution is -0.162. The molecule has 1 saturated heterocycles. The van der Waals surface area contributed by atoms with Gasteiger partial charge in [-0.25, -0.2) is 4.79 Å². The van der Waals surface area contributed by atoms with Crippen LogP contribution in [0.2, 0.25) is 0 Å². The van der Waals surface area contributed by atoms with Crippen LogP contribution in [0, 0.1) is 11.3 Å². The summed E-state index contributed by atoms with van der Waals surface area (Å²) in [7, 11) is 1.57. The van der Waals surface area contributed by atoms with Crippen LogP contribution in [0.15, 0.2) is 30.5 Å². The van der Waals surface area contributed by atoms with E-state index in [1.54, 1.807) is 38.4 Å². The molecule has 0 bridgehead atoms. The van der Waals surface area contributed by atoms with Crippen molar-refractivity contribution in [2.45, 2.75) is 46.0 Å². The molecule has 2 unspecified atom stereocenters. The van der Waals surface area contributed by atoms with E-state index in [2.05, 4.69) is 4.98 Å². The highest BCUT2D eigenvalue weighted by Crippen LogP contribution is 2.40. The summed E-state index contributed by atoms with van der Waals surface area (Å²) in [5, 5.41) is 10.2. The third-order valence-electron chi connectivity index (χ3n) is 6.60. The fourth-order valence-corrected chi connectivity index (χ4v) is 4.50. The molecule has 0 saturated carbocycles. The molecule has 1 aromatic heterocycles. The summed E-state index contributed by atoms with van der Waals surface area (Å²) in [5.74, 6) is 0.0540. The molecule has 1 aliphatic rings. The quantitative estimate of drug-likeness (QED) is 0.335. The fraction of sp³-hybridized carbons (Fsp3) is 0.520. The number of aromatic nitrogens is 1. The third-order valence-corrected chi connectivity index (χ3v) is 6.60. The van der Waals surface area contributed by atoms with Crippen LogP contribution >= 0.6 is 0 Å². The molecule has 8 heteroatoms. The number of ketones is 1. The zero-order chi connectivity index (χ0) is 24.0. The number of carbonyl (C=O) groups is 3. The predicted octanol–water partition coefficient (Wildman–Crippen LogP) is 4.56. The minimum atomic E-state index is -1.05. The van der Waals surface area contributed by atoms with Crippen molar-refractivity contribution in [2.24, 2.45) is 11.3 Å². The number of carbonyl (C=O) groups excluding carboxylic acids is 2. The van der Waals surface area contributed by atoms with Crippen molar-refractivity contribution in [3.8, 4) is 5.75 Å². The van der Waals surface area contributed by atoms with Crippen LogP contribution in [0.1, 0.15) is 56.3 Å². The van der Waals surface area contributed by atoms with Crippen LogP contribution in [-0.2, 0) is 9.53 Å². The molecule has 2 atom stereocenters. The Morgan fingerprint density at radius 2 is 2.06 bits per heavy atom. The zero-order valence-electron chi connectivity index (χ0n) is 19.5. The third kappa shape index (κ3) is 5.43. The molecule has 3 rings (SSSR count). The number of rotatable bonds is 9. The van der Waals surface area contributed by atoms with Crippen LogP contribution in [0.3, 0.4) is 0 Å². The van der Waals surface area contributed by atoms with Crippen molar-refractivity contribution in [3.05, 3.63) is 36.0 Å². The first kappa shape index (κ1) is 24.5. The molecular formula is C25H32N2O6. The molecular weight excluding hydrogens is 424 g/mol. The number of unbranched alkanes of at least 4 members (excludes halogenated alkanes) is 1. The van der Waals surface area contributed by atoms with E-state index in [0.717, 1.165) is 18.2 Å². The molecule has 0 spiro atoms. The van der Waals surface area contributed by atoms with Gasteiger partial charge in [0.05, 0.1) is 24.6 Å². The number of amides is 1. The minimum absolute atomic E-state index is 0.0435. The molecule has 2 aromatic rings. The Hall–Kier alpha value is -3.16. The monoisotopic (exact) mass is 456 g/mol. The summed E-state index contributed by atoms with van der Waals surface area (Å²) >= 11 is 0. The number of methoxy groups -OCH3 is 1. The summed E-state index contributed by atoms with van der Waals surface area (Å²) in [4.78, 5) is 43.3. The number of carboxylic acid groups (broad SMARTS) is 1. The summed E-state index contributed by atoms with van der Waals surface area (Å²) in [6.07, 6.45) is 3.44. The Bertz CT molecular complexity index is 1020. The van der Waals surface area contributed by atoms with Gasteiger partial charge in [0.1, 0.15) is 5.75 Å². The normalized spacial score (nSPS) is 20.5. The van der Waals surface area contributed by atoms with Gasteiger partial charge in [-0.15, -0.1) is 0 Å². The van der Waals surface area contributed by atoms with E-state index in [4.69, 9.17) is 9.47 Å². The van der Waals surface area contributed by atoms with Crippen LogP contribution < -0.4 is 4.74 Å². The van der Waals surface area contributed by atoms with E-state index >= 15 is 0 Å². The molecule has 0 aliphatic carbocycles. The van der Waals surface area contributed by atoms with E-state index in [-0.39, 0.29) is 24.7 Å². The van der Waals surface area contributed by atoms with Gasteiger partial charge in [-0.3, -0.25) is 14.6 Å².